The van der Waals surface area contributed by atoms with Crippen LogP contribution in [-0.4, -0.2) is 66.9 Å². The van der Waals surface area contributed by atoms with Gasteiger partial charge in [-0.1, -0.05) is 46.0 Å². The van der Waals surface area contributed by atoms with E-state index in [-0.39, 0.29) is 7.43 Å². The second kappa shape index (κ2) is 27.1. The third-order valence-electron chi connectivity index (χ3n) is 5.08. The fourth-order valence-corrected chi connectivity index (χ4v) is 3.53. The van der Waals surface area contributed by atoms with Crippen molar-refractivity contribution in [3.05, 3.63) is 0 Å². The first-order chi connectivity index (χ1) is 13.3. The van der Waals surface area contributed by atoms with E-state index in [0.29, 0.717) is 13.2 Å². The molecule has 172 valence electrons. The van der Waals surface area contributed by atoms with E-state index < -0.39 is 0 Å². The molecule has 2 heterocycles. The minimum atomic E-state index is 0. The number of halogens is 1. The quantitative estimate of drug-likeness (QED) is 0.316. The first-order valence-corrected chi connectivity index (χ1v) is 12.1. The van der Waals surface area contributed by atoms with Crippen LogP contribution in [0.3, 0.4) is 0 Å². The Hall–Kier alpha value is 0.130. The van der Waals surface area contributed by atoms with Gasteiger partial charge in [0.2, 0.25) is 0 Å². The molecule has 2 saturated heterocycles. The highest BCUT2D eigenvalue weighted by Crippen LogP contribution is 2.10. The maximum Gasteiger partial charge on any atom is 0.0431 e. The Bertz CT molecular complexity index is 243. The van der Waals surface area contributed by atoms with E-state index in [2.05, 4.69) is 10.2 Å². The van der Waals surface area contributed by atoms with E-state index in [1.165, 1.54) is 90.5 Å². The van der Waals surface area contributed by atoms with Crippen molar-refractivity contribution in [1.29, 1.82) is 0 Å². The number of aliphatic hydroxyl groups excluding tert-OH is 2. The SMILES string of the molecule is C.C1CCNCC1.OCCCCCCCl.OCCCCCCN1CCCCC1. The molecule has 4 nitrogen and oxygen atoms in total. The first-order valence-electron chi connectivity index (χ1n) is 11.6. The molecule has 2 aliphatic heterocycles. The second-order valence-corrected chi connectivity index (χ2v) is 8.06. The van der Waals surface area contributed by atoms with Gasteiger partial charge >= 0.3 is 0 Å². The predicted octanol–water partition coefficient (Wildman–Crippen LogP) is 5.20. The lowest BCUT2D eigenvalue weighted by atomic mass is 10.1. The lowest BCUT2D eigenvalue weighted by molar-refractivity contribution is 0.222. The smallest absolute Gasteiger partial charge is 0.0431 e. The number of rotatable bonds is 11. The number of nitrogens with one attached hydrogen (secondary N) is 1. The van der Waals surface area contributed by atoms with Crippen LogP contribution in [0.25, 0.3) is 0 Å². The highest BCUT2D eigenvalue weighted by Gasteiger charge is 2.08. The zero-order chi connectivity index (χ0) is 19.8. The summed E-state index contributed by atoms with van der Waals surface area (Å²) in [5, 5.41) is 20.2. The molecule has 0 unspecified atom stereocenters. The molecule has 0 aromatic rings. The average Bonchev–Trinajstić information content (AvgIpc) is 2.74. The highest BCUT2D eigenvalue weighted by atomic mass is 35.5. The van der Waals surface area contributed by atoms with Gasteiger partial charge < -0.3 is 20.4 Å². The average molecular weight is 423 g/mol. The van der Waals surface area contributed by atoms with Crippen LogP contribution in [0.4, 0.5) is 0 Å². The molecule has 3 N–H and O–H groups in total. The Kier molecular flexibility index (Phi) is 29.4. The zero-order valence-electron chi connectivity index (χ0n) is 17.8. The Morgan fingerprint density at radius 2 is 1.14 bits per heavy atom. The number of likely N-dealkylation sites (tertiary alicyclic amines) is 1. The zero-order valence-corrected chi connectivity index (χ0v) is 18.5. The van der Waals surface area contributed by atoms with Gasteiger partial charge in [0.15, 0.2) is 0 Å². The normalized spacial score (nSPS) is 16.8. The Balaban J connectivity index is 0. The number of piperidine rings is 2. The minimum Gasteiger partial charge on any atom is -0.396 e. The van der Waals surface area contributed by atoms with E-state index in [9.17, 15) is 0 Å². The van der Waals surface area contributed by atoms with Crippen molar-refractivity contribution in [3.63, 3.8) is 0 Å². The Morgan fingerprint density at radius 1 is 0.643 bits per heavy atom. The molecule has 0 aromatic carbocycles. The van der Waals surface area contributed by atoms with Crippen LogP contribution in [0, 0.1) is 0 Å². The third-order valence-corrected chi connectivity index (χ3v) is 5.35. The summed E-state index contributed by atoms with van der Waals surface area (Å²) in [5.41, 5.74) is 0. The first kappa shape index (κ1) is 30.3. The van der Waals surface area contributed by atoms with E-state index in [1.807, 2.05) is 0 Å². The summed E-state index contributed by atoms with van der Waals surface area (Å²) in [7, 11) is 0. The topological polar surface area (TPSA) is 55.7 Å². The fourth-order valence-electron chi connectivity index (χ4n) is 3.35. The van der Waals surface area contributed by atoms with Crippen LogP contribution in [0.5, 0.6) is 0 Å². The van der Waals surface area contributed by atoms with E-state index >= 15 is 0 Å². The molecule has 0 aliphatic carbocycles. The van der Waals surface area contributed by atoms with Gasteiger partial charge in [0.25, 0.3) is 0 Å². The van der Waals surface area contributed by atoms with Crippen molar-refractivity contribution >= 4 is 11.6 Å². The molecule has 5 heteroatoms. The molecule has 0 spiro atoms. The molecule has 2 rings (SSSR count). The molecule has 0 amide bonds. The number of alkyl halides is 1. The monoisotopic (exact) mass is 422 g/mol. The van der Waals surface area contributed by atoms with Gasteiger partial charge in [0, 0.05) is 19.1 Å². The van der Waals surface area contributed by atoms with Gasteiger partial charge in [-0.05, 0) is 84.1 Å². The van der Waals surface area contributed by atoms with Crippen LogP contribution >= 0.6 is 11.6 Å². The largest absolute Gasteiger partial charge is 0.396 e. The highest BCUT2D eigenvalue weighted by molar-refractivity contribution is 6.17. The van der Waals surface area contributed by atoms with Crippen molar-refractivity contribution in [2.75, 3.05) is 51.8 Å². The molecule has 2 fully saturated rings. The predicted molar refractivity (Wildman–Crippen MR) is 126 cm³/mol. The second-order valence-electron chi connectivity index (χ2n) is 7.68. The molecule has 0 radical (unpaired) electrons. The van der Waals surface area contributed by atoms with Crippen LogP contribution in [-0.2, 0) is 0 Å². The van der Waals surface area contributed by atoms with Crippen LogP contribution in [0.2, 0.25) is 0 Å². The molecular weight excluding hydrogens is 372 g/mol. The third kappa shape index (κ3) is 24.2. The van der Waals surface area contributed by atoms with Crippen molar-refractivity contribution in [3.8, 4) is 0 Å². The lowest BCUT2D eigenvalue weighted by Crippen LogP contribution is -2.30. The summed E-state index contributed by atoms with van der Waals surface area (Å²) in [5.74, 6) is 0.755. The summed E-state index contributed by atoms with van der Waals surface area (Å²) in [6.45, 7) is 7.11. The van der Waals surface area contributed by atoms with E-state index in [4.69, 9.17) is 21.8 Å². The Morgan fingerprint density at radius 3 is 1.57 bits per heavy atom. The van der Waals surface area contributed by atoms with Gasteiger partial charge in [-0.25, -0.2) is 0 Å². The van der Waals surface area contributed by atoms with Gasteiger partial charge in [0.1, 0.15) is 0 Å². The van der Waals surface area contributed by atoms with Crippen molar-refractivity contribution in [2.24, 2.45) is 0 Å². The number of hydrogen-bond donors (Lipinski definition) is 3. The lowest BCUT2D eigenvalue weighted by Gasteiger charge is -2.26. The minimum absolute atomic E-state index is 0. The fraction of sp³-hybridized carbons (Fsp3) is 1.00. The maximum absolute atomic E-state index is 8.60. The van der Waals surface area contributed by atoms with Gasteiger partial charge in [-0.15, -0.1) is 11.6 Å². The van der Waals surface area contributed by atoms with E-state index in [1.54, 1.807) is 0 Å². The van der Waals surface area contributed by atoms with Gasteiger partial charge in [-0.3, -0.25) is 0 Å². The number of unbranched alkanes of at least 4 members (excludes halogenated alkanes) is 6. The van der Waals surface area contributed by atoms with E-state index in [0.717, 1.165) is 38.0 Å². The molecule has 0 atom stereocenters. The molecule has 0 aromatic heterocycles. The maximum atomic E-state index is 8.60. The summed E-state index contributed by atoms with van der Waals surface area (Å²) >= 11 is 5.42. The molecule has 28 heavy (non-hydrogen) atoms. The number of aliphatic hydroxyl groups is 2. The molecule has 0 saturated carbocycles. The van der Waals surface area contributed by atoms with Gasteiger partial charge in [0.05, 0.1) is 0 Å². The summed E-state index contributed by atoms with van der Waals surface area (Å²) in [6, 6.07) is 0. The van der Waals surface area contributed by atoms with Crippen molar-refractivity contribution < 1.29 is 10.2 Å². The summed E-state index contributed by atoms with van der Waals surface area (Å²) < 4.78 is 0. The van der Waals surface area contributed by atoms with Crippen LogP contribution in [0.15, 0.2) is 0 Å². The molecular formula is C23H51ClN2O2. The van der Waals surface area contributed by atoms with Gasteiger partial charge in [-0.2, -0.15) is 0 Å². The Labute approximate surface area is 181 Å². The summed E-state index contributed by atoms with van der Waals surface area (Å²) in [6.07, 6.45) is 17.5. The van der Waals surface area contributed by atoms with Crippen molar-refractivity contribution in [2.45, 2.75) is 97.3 Å². The standard InChI is InChI=1S/C11H23NO.C6H13ClO.C5H11N.CH4/c13-11-7-2-1-4-8-12-9-5-3-6-10-12;7-5-3-1-2-4-6-8;1-2-4-6-5-3-1;/h13H,1-11H2;8H,1-6H2;6H,1-5H2;1H4. The van der Waals surface area contributed by atoms with Crippen LogP contribution in [0.1, 0.15) is 97.3 Å². The number of hydrogen-bond acceptors (Lipinski definition) is 4. The number of nitrogens with zero attached hydrogens (tertiary/aromatic N) is 1. The summed E-state index contributed by atoms with van der Waals surface area (Å²) in [4.78, 5) is 2.59. The van der Waals surface area contributed by atoms with Crippen molar-refractivity contribution in [1.82, 2.24) is 10.2 Å². The molecule has 0 bridgehead atoms. The molecule has 2 aliphatic rings. The van der Waals surface area contributed by atoms with Crippen LogP contribution < -0.4 is 5.32 Å².